The molecule has 0 unspecified atom stereocenters. The van der Waals surface area contributed by atoms with Crippen LogP contribution in [-0.2, 0) is 23.1 Å². The number of carbonyl (C=O) groups is 2. The highest BCUT2D eigenvalue weighted by Crippen LogP contribution is 2.41. The molecule has 210 valence electrons. The van der Waals surface area contributed by atoms with Crippen LogP contribution >= 0.6 is 0 Å². The normalized spacial score (nSPS) is 15.4. The van der Waals surface area contributed by atoms with Gasteiger partial charge in [0.2, 0.25) is 0 Å². The summed E-state index contributed by atoms with van der Waals surface area (Å²) in [4.78, 5) is 25.6. The Balaban J connectivity index is 1.60. The zero-order chi connectivity index (χ0) is 29.1. The number of aromatic nitrogens is 3. The fraction of sp³-hybridized carbons (Fsp3) is 0.481. The number of hydrogen-bond donors (Lipinski definition) is 1. The Labute approximate surface area is 221 Å². The second kappa shape index (κ2) is 9.56. The lowest BCUT2D eigenvalue weighted by atomic mass is 9.88. The minimum absolute atomic E-state index is 0.0437. The fourth-order valence-electron chi connectivity index (χ4n) is 4.45. The molecule has 0 spiro atoms. The van der Waals surface area contributed by atoms with Crippen molar-refractivity contribution in [3.8, 4) is 11.3 Å². The standard InChI is InChI=1S/C27H29F5N4O3/c1-13(2)36-24-22(20(38)12-25(3,4)33-24)23(34-36)14-7-18(28)17(19(29)8-14)11-16(37)9-15-10-21(39-35-15)26(5,6)27(30,31)32/h7-8,10,13,33H,9,11-12H2,1-6H3. The summed E-state index contributed by atoms with van der Waals surface area (Å²) in [7, 11) is 0. The number of benzene rings is 1. The SMILES string of the molecule is CC(C)n1nc(-c2cc(F)c(CC(=O)Cc3cc(C(C)(C)C(F)(F)F)on3)c(F)c2)c2c1NC(C)(C)CC2=O. The van der Waals surface area contributed by atoms with Gasteiger partial charge in [0.05, 0.1) is 17.7 Å². The van der Waals surface area contributed by atoms with Crippen LogP contribution in [0.5, 0.6) is 0 Å². The molecule has 0 bridgehead atoms. The summed E-state index contributed by atoms with van der Waals surface area (Å²) in [6, 6.07) is 2.91. The summed E-state index contributed by atoms with van der Waals surface area (Å²) in [5, 5.41) is 11.3. The number of rotatable bonds is 7. The summed E-state index contributed by atoms with van der Waals surface area (Å²) < 4.78 is 76.4. The van der Waals surface area contributed by atoms with E-state index < -0.39 is 58.7 Å². The second-order valence-electron chi connectivity index (χ2n) is 11.3. The first-order valence-corrected chi connectivity index (χ1v) is 12.4. The molecule has 1 aliphatic heterocycles. The third kappa shape index (κ3) is 5.33. The average molecular weight is 553 g/mol. The molecule has 3 aromatic rings. The molecule has 4 rings (SSSR count). The molecule has 0 radical (unpaired) electrons. The molecule has 0 amide bonds. The van der Waals surface area contributed by atoms with Crippen LogP contribution in [0.3, 0.4) is 0 Å². The van der Waals surface area contributed by atoms with Crippen molar-refractivity contribution in [3.63, 3.8) is 0 Å². The number of nitrogens with one attached hydrogen (secondary N) is 1. The first kappa shape index (κ1) is 28.4. The second-order valence-corrected chi connectivity index (χ2v) is 11.3. The van der Waals surface area contributed by atoms with Crippen LogP contribution in [0, 0.1) is 11.6 Å². The topological polar surface area (TPSA) is 90.0 Å². The van der Waals surface area contributed by atoms with Gasteiger partial charge in [-0.1, -0.05) is 5.16 Å². The maximum Gasteiger partial charge on any atom is 0.401 e. The van der Waals surface area contributed by atoms with Gasteiger partial charge in [0, 0.05) is 41.6 Å². The van der Waals surface area contributed by atoms with Crippen molar-refractivity contribution in [2.45, 2.75) is 84.0 Å². The van der Waals surface area contributed by atoms with Crippen LogP contribution in [0.25, 0.3) is 11.3 Å². The molecule has 0 aliphatic carbocycles. The van der Waals surface area contributed by atoms with Crippen LogP contribution in [0.1, 0.15) is 81.4 Å². The summed E-state index contributed by atoms with van der Waals surface area (Å²) in [5.74, 6) is -2.91. The van der Waals surface area contributed by atoms with Crippen LogP contribution in [0.2, 0.25) is 0 Å². The molecule has 0 fully saturated rings. The molecule has 1 aliphatic rings. The number of alkyl halides is 3. The Morgan fingerprint density at radius 3 is 2.31 bits per heavy atom. The third-order valence-corrected chi connectivity index (χ3v) is 6.79. The Bertz CT molecular complexity index is 1430. The van der Waals surface area contributed by atoms with E-state index in [9.17, 15) is 22.8 Å². The smallest absolute Gasteiger partial charge is 0.364 e. The van der Waals surface area contributed by atoms with Gasteiger partial charge in [0.25, 0.3) is 0 Å². The summed E-state index contributed by atoms with van der Waals surface area (Å²) in [5.41, 5.74) is -3.03. The Morgan fingerprint density at radius 1 is 1.13 bits per heavy atom. The van der Waals surface area contributed by atoms with Crippen LogP contribution in [0.15, 0.2) is 22.7 Å². The highest BCUT2D eigenvalue weighted by atomic mass is 19.4. The average Bonchev–Trinajstić information content (AvgIpc) is 3.40. The van der Waals surface area contributed by atoms with Crippen molar-refractivity contribution in [1.82, 2.24) is 14.9 Å². The van der Waals surface area contributed by atoms with Crippen LogP contribution in [0.4, 0.5) is 27.8 Å². The summed E-state index contributed by atoms with van der Waals surface area (Å²) in [6.45, 7) is 9.29. The molecule has 12 heteroatoms. The van der Waals surface area contributed by atoms with E-state index in [2.05, 4.69) is 15.6 Å². The van der Waals surface area contributed by atoms with E-state index in [-0.39, 0.29) is 40.8 Å². The van der Waals surface area contributed by atoms with E-state index in [1.165, 1.54) is 0 Å². The molecule has 39 heavy (non-hydrogen) atoms. The van der Waals surface area contributed by atoms with Gasteiger partial charge in [-0.3, -0.25) is 9.59 Å². The van der Waals surface area contributed by atoms with E-state index in [0.717, 1.165) is 32.0 Å². The van der Waals surface area contributed by atoms with Gasteiger partial charge in [0.1, 0.15) is 34.3 Å². The van der Waals surface area contributed by atoms with Crippen molar-refractivity contribution in [1.29, 1.82) is 0 Å². The zero-order valence-corrected chi connectivity index (χ0v) is 22.4. The van der Waals surface area contributed by atoms with Gasteiger partial charge in [-0.25, -0.2) is 13.5 Å². The zero-order valence-electron chi connectivity index (χ0n) is 22.4. The molecule has 0 atom stereocenters. The number of halogens is 5. The van der Waals surface area contributed by atoms with Gasteiger partial charge in [-0.15, -0.1) is 0 Å². The van der Waals surface area contributed by atoms with Crippen molar-refractivity contribution >= 4 is 17.4 Å². The van der Waals surface area contributed by atoms with E-state index in [4.69, 9.17) is 4.52 Å². The van der Waals surface area contributed by atoms with Gasteiger partial charge in [-0.05, 0) is 53.7 Å². The van der Waals surface area contributed by atoms with Gasteiger partial charge in [0.15, 0.2) is 11.5 Å². The van der Waals surface area contributed by atoms with Crippen LogP contribution in [-0.4, -0.2) is 38.2 Å². The molecule has 0 saturated heterocycles. The molecule has 3 heterocycles. The quantitative estimate of drug-likeness (QED) is 0.343. The van der Waals surface area contributed by atoms with Gasteiger partial charge in [-0.2, -0.15) is 18.3 Å². The Morgan fingerprint density at radius 2 is 1.74 bits per heavy atom. The predicted octanol–water partition coefficient (Wildman–Crippen LogP) is 6.37. The number of carbonyl (C=O) groups excluding carboxylic acids is 2. The van der Waals surface area contributed by atoms with E-state index in [1.54, 1.807) is 4.68 Å². The largest absolute Gasteiger partial charge is 0.401 e. The Hall–Kier alpha value is -3.57. The van der Waals surface area contributed by atoms with Crippen molar-refractivity contribution in [2.75, 3.05) is 5.32 Å². The Kier molecular flexibility index (Phi) is 6.97. The molecular weight excluding hydrogens is 523 g/mol. The monoisotopic (exact) mass is 552 g/mol. The van der Waals surface area contributed by atoms with Gasteiger partial charge >= 0.3 is 6.18 Å². The summed E-state index contributed by atoms with van der Waals surface area (Å²) in [6.07, 6.45) is -5.57. The number of hydrogen-bond acceptors (Lipinski definition) is 6. The number of Topliss-reactive ketones (excluding diaryl/α,β-unsaturated/α-hetero) is 2. The molecule has 1 N–H and O–H groups in total. The van der Waals surface area contributed by atoms with Crippen molar-refractivity contribution < 1.29 is 36.1 Å². The maximum atomic E-state index is 15.1. The molecule has 2 aromatic heterocycles. The highest BCUT2D eigenvalue weighted by Gasteiger charge is 2.51. The minimum atomic E-state index is -4.61. The minimum Gasteiger partial charge on any atom is -0.364 e. The number of fused-ring (bicyclic) bond motifs is 1. The van der Waals surface area contributed by atoms with E-state index >= 15 is 8.78 Å². The lowest BCUT2D eigenvalue weighted by Gasteiger charge is -2.32. The van der Waals surface area contributed by atoms with E-state index in [1.807, 2.05) is 27.7 Å². The lowest BCUT2D eigenvalue weighted by Crippen LogP contribution is -2.39. The van der Waals surface area contributed by atoms with E-state index in [0.29, 0.717) is 5.82 Å². The first-order valence-electron chi connectivity index (χ1n) is 12.4. The molecule has 0 saturated carbocycles. The third-order valence-electron chi connectivity index (χ3n) is 6.79. The number of anilines is 1. The molecular formula is C27H29F5N4O3. The highest BCUT2D eigenvalue weighted by molar-refractivity contribution is 6.08. The predicted molar refractivity (Wildman–Crippen MR) is 133 cm³/mol. The first-order chi connectivity index (χ1) is 17.9. The summed E-state index contributed by atoms with van der Waals surface area (Å²) >= 11 is 0. The van der Waals surface area contributed by atoms with Crippen LogP contribution < -0.4 is 5.32 Å². The van der Waals surface area contributed by atoms with Crippen molar-refractivity contribution in [3.05, 3.63) is 52.4 Å². The van der Waals surface area contributed by atoms with Gasteiger partial charge < -0.3 is 9.84 Å². The number of nitrogens with zero attached hydrogens (tertiary/aromatic N) is 3. The van der Waals surface area contributed by atoms with Crippen molar-refractivity contribution in [2.24, 2.45) is 0 Å². The molecule has 7 nitrogen and oxygen atoms in total. The maximum absolute atomic E-state index is 15.1. The molecule has 1 aromatic carbocycles. The fourth-order valence-corrected chi connectivity index (χ4v) is 4.45. The lowest BCUT2D eigenvalue weighted by molar-refractivity contribution is -0.185. The number of ketones is 2.